The number of hydrogen-bond acceptors (Lipinski definition) is 4. The van der Waals surface area contributed by atoms with Gasteiger partial charge in [-0.05, 0) is 6.42 Å². The Morgan fingerprint density at radius 2 is 1.83 bits per heavy atom. The topological polar surface area (TPSA) is 92.5 Å². The average molecular weight is 323 g/mol. The van der Waals surface area contributed by atoms with Crippen molar-refractivity contribution in [2.24, 2.45) is 5.73 Å². The number of carbonyl (C=O) groups is 3. The van der Waals surface area contributed by atoms with Crippen LogP contribution in [0.25, 0.3) is 0 Å². The number of amides is 3. The van der Waals surface area contributed by atoms with E-state index in [4.69, 9.17) is 5.73 Å². The van der Waals surface area contributed by atoms with Crippen molar-refractivity contribution in [1.82, 2.24) is 10.2 Å². The minimum atomic E-state index is -0.615. The summed E-state index contributed by atoms with van der Waals surface area (Å²) in [6, 6.07) is -0.615. The molecule has 6 heteroatoms. The van der Waals surface area contributed by atoms with E-state index in [0.29, 0.717) is 17.7 Å². The standard InChI is InChI=1S/C11H13N3O3.C4H10.C2H6/c1-2-6-7(12)5-14(11(6)17)8-3-4-9(15)13-10(8)16;1-3-4-2;1-2/h2,8H,1,3-5,12H2,(H,13,15,16);3-4H2,1-2H3;1-2H3. The highest BCUT2D eigenvalue weighted by molar-refractivity contribution is 6.05. The van der Waals surface area contributed by atoms with Crippen LogP contribution in [0.15, 0.2) is 23.9 Å². The van der Waals surface area contributed by atoms with Gasteiger partial charge < -0.3 is 10.6 Å². The first-order valence-corrected chi connectivity index (χ1v) is 8.21. The molecule has 1 fully saturated rings. The van der Waals surface area contributed by atoms with Crippen molar-refractivity contribution in [2.45, 2.75) is 59.4 Å². The monoisotopic (exact) mass is 323 g/mol. The molecule has 1 atom stereocenters. The molecule has 0 saturated carbocycles. The van der Waals surface area contributed by atoms with Crippen molar-refractivity contribution in [2.75, 3.05) is 6.54 Å². The number of nitrogens with zero attached hydrogens (tertiary/aromatic N) is 1. The van der Waals surface area contributed by atoms with E-state index in [1.807, 2.05) is 13.8 Å². The fourth-order valence-corrected chi connectivity index (χ4v) is 2.08. The summed E-state index contributed by atoms with van der Waals surface area (Å²) in [4.78, 5) is 35.9. The van der Waals surface area contributed by atoms with Crippen LogP contribution in [0.2, 0.25) is 0 Å². The number of imide groups is 1. The van der Waals surface area contributed by atoms with Crippen LogP contribution in [-0.2, 0) is 14.4 Å². The second kappa shape index (κ2) is 10.6. The molecule has 0 aliphatic carbocycles. The summed E-state index contributed by atoms with van der Waals surface area (Å²) in [5.41, 5.74) is 6.45. The van der Waals surface area contributed by atoms with Gasteiger partial charge in [0.05, 0.1) is 12.1 Å². The Morgan fingerprint density at radius 3 is 2.22 bits per heavy atom. The van der Waals surface area contributed by atoms with Crippen LogP contribution in [0.5, 0.6) is 0 Å². The van der Waals surface area contributed by atoms with Crippen LogP contribution in [0, 0.1) is 0 Å². The summed E-state index contributed by atoms with van der Waals surface area (Å²) < 4.78 is 0. The molecule has 1 saturated heterocycles. The average Bonchev–Trinajstić information content (AvgIpc) is 2.83. The van der Waals surface area contributed by atoms with Crippen LogP contribution < -0.4 is 11.1 Å². The van der Waals surface area contributed by atoms with E-state index < -0.39 is 11.9 Å². The lowest BCUT2D eigenvalue weighted by Gasteiger charge is -2.29. The number of carbonyl (C=O) groups excluding carboxylic acids is 3. The molecule has 2 rings (SSSR count). The zero-order chi connectivity index (χ0) is 18.0. The van der Waals surface area contributed by atoms with Gasteiger partial charge in [0, 0.05) is 12.1 Å². The maximum Gasteiger partial charge on any atom is 0.256 e. The highest BCUT2D eigenvalue weighted by atomic mass is 16.2. The van der Waals surface area contributed by atoms with E-state index in [9.17, 15) is 14.4 Å². The maximum absolute atomic E-state index is 11.9. The van der Waals surface area contributed by atoms with Crippen LogP contribution in [0.4, 0.5) is 0 Å². The Morgan fingerprint density at radius 1 is 1.26 bits per heavy atom. The number of piperidine rings is 1. The van der Waals surface area contributed by atoms with Crippen LogP contribution in [0.1, 0.15) is 53.4 Å². The number of nitrogens with two attached hydrogens (primary N) is 1. The van der Waals surface area contributed by atoms with Gasteiger partial charge >= 0.3 is 0 Å². The smallest absolute Gasteiger partial charge is 0.256 e. The predicted octanol–water partition coefficient (Wildman–Crippen LogP) is 1.87. The van der Waals surface area contributed by atoms with Gasteiger partial charge in [-0.1, -0.05) is 53.2 Å². The van der Waals surface area contributed by atoms with Crippen molar-refractivity contribution in [1.29, 1.82) is 0 Å². The zero-order valence-electron chi connectivity index (χ0n) is 14.6. The SMILES string of the molecule is C=CC1=C(N)CN(C2CCC(=O)NC2=O)C1=O.CC.CCCC. The lowest BCUT2D eigenvalue weighted by Crippen LogP contribution is -2.53. The minimum absolute atomic E-state index is 0.215. The van der Waals surface area contributed by atoms with E-state index in [2.05, 4.69) is 25.7 Å². The van der Waals surface area contributed by atoms with E-state index in [0.717, 1.165) is 0 Å². The second-order valence-electron chi connectivity index (χ2n) is 5.04. The molecule has 0 aromatic rings. The predicted molar refractivity (Wildman–Crippen MR) is 91.2 cm³/mol. The largest absolute Gasteiger partial charge is 0.400 e. The van der Waals surface area contributed by atoms with Gasteiger partial charge in [-0.2, -0.15) is 0 Å². The number of hydrogen-bond donors (Lipinski definition) is 2. The fraction of sp³-hybridized carbons (Fsp3) is 0.588. The van der Waals surface area contributed by atoms with Crippen LogP contribution in [-0.4, -0.2) is 35.2 Å². The molecular formula is C17H29N3O3. The first-order chi connectivity index (χ1) is 11.0. The summed E-state index contributed by atoms with van der Waals surface area (Å²) >= 11 is 0. The fourth-order valence-electron chi connectivity index (χ4n) is 2.08. The Hall–Kier alpha value is -2.11. The van der Waals surface area contributed by atoms with Crippen molar-refractivity contribution >= 4 is 17.7 Å². The van der Waals surface area contributed by atoms with Gasteiger partial charge in [-0.25, -0.2) is 0 Å². The Bertz CT molecular complexity index is 481. The zero-order valence-corrected chi connectivity index (χ0v) is 14.6. The molecule has 6 nitrogen and oxygen atoms in total. The van der Waals surface area contributed by atoms with Crippen molar-refractivity contribution in [3.05, 3.63) is 23.9 Å². The number of unbranched alkanes of at least 4 members (excludes halogenated alkanes) is 1. The van der Waals surface area contributed by atoms with Gasteiger partial charge in [-0.3, -0.25) is 19.7 Å². The molecule has 0 aromatic carbocycles. The van der Waals surface area contributed by atoms with E-state index >= 15 is 0 Å². The van der Waals surface area contributed by atoms with Crippen LogP contribution in [0.3, 0.4) is 0 Å². The molecule has 130 valence electrons. The number of nitrogens with one attached hydrogen (secondary N) is 1. The normalized spacial score (nSPS) is 20.3. The quantitative estimate of drug-likeness (QED) is 0.775. The maximum atomic E-state index is 11.9. The summed E-state index contributed by atoms with van der Waals surface area (Å²) in [5.74, 6) is -1.04. The molecule has 2 aliphatic rings. The van der Waals surface area contributed by atoms with E-state index in [1.54, 1.807) is 0 Å². The van der Waals surface area contributed by atoms with Crippen molar-refractivity contribution in [3.8, 4) is 0 Å². The molecule has 3 amide bonds. The lowest BCUT2D eigenvalue weighted by molar-refractivity contribution is -0.142. The third kappa shape index (κ3) is 5.54. The summed E-state index contributed by atoms with van der Waals surface area (Å²) in [6.45, 7) is 12.1. The molecule has 0 spiro atoms. The molecule has 0 radical (unpaired) electrons. The van der Waals surface area contributed by atoms with Crippen molar-refractivity contribution < 1.29 is 14.4 Å². The molecule has 1 unspecified atom stereocenters. The Balaban J connectivity index is 0.000000705. The lowest BCUT2D eigenvalue weighted by atomic mass is 10.0. The molecule has 2 heterocycles. The van der Waals surface area contributed by atoms with E-state index in [-0.39, 0.29) is 24.8 Å². The third-order valence-electron chi connectivity index (χ3n) is 3.47. The molecule has 0 bridgehead atoms. The molecule has 2 aliphatic heterocycles. The van der Waals surface area contributed by atoms with Gasteiger partial charge in [0.1, 0.15) is 6.04 Å². The summed E-state index contributed by atoms with van der Waals surface area (Å²) in [7, 11) is 0. The highest BCUT2D eigenvalue weighted by Crippen LogP contribution is 2.22. The first-order valence-electron chi connectivity index (χ1n) is 8.21. The molecule has 3 N–H and O–H groups in total. The first kappa shape index (κ1) is 20.9. The van der Waals surface area contributed by atoms with Crippen molar-refractivity contribution in [3.63, 3.8) is 0 Å². The molecule has 23 heavy (non-hydrogen) atoms. The summed E-state index contributed by atoms with van der Waals surface area (Å²) in [5, 5.41) is 2.22. The second-order valence-corrected chi connectivity index (χ2v) is 5.04. The Kier molecular flexibility index (Phi) is 9.62. The van der Waals surface area contributed by atoms with Gasteiger partial charge in [0.15, 0.2) is 0 Å². The Labute approximate surface area is 138 Å². The van der Waals surface area contributed by atoms with Gasteiger partial charge in [0.25, 0.3) is 5.91 Å². The molecule has 0 aromatic heterocycles. The van der Waals surface area contributed by atoms with Crippen LogP contribution >= 0.6 is 0 Å². The highest BCUT2D eigenvalue weighted by Gasteiger charge is 2.38. The summed E-state index contributed by atoms with van der Waals surface area (Å²) in [6.07, 6.45) is 4.61. The molecular weight excluding hydrogens is 294 g/mol. The van der Waals surface area contributed by atoms with Gasteiger partial charge in [0.2, 0.25) is 11.8 Å². The third-order valence-corrected chi connectivity index (χ3v) is 3.47. The van der Waals surface area contributed by atoms with E-state index in [1.165, 1.54) is 23.8 Å². The minimum Gasteiger partial charge on any atom is -0.400 e. The number of rotatable bonds is 3. The van der Waals surface area contributed by atoms with Gasteiger partial charge in [-0.15, -0.1) is 0 Å².